The van der Waals surface area contributed by atoms with Gasteiger partial charge in [-0.1, -0.05) is 0 Å². The zero-order chi connectivity index (χ0) is 19.5. The van der Waals surface area contributed by atoms with Gasteiger partial charge >= 0.3 is 6.03 Å². The Bertz CT molecular complexity index is 620. The third-order valence-corrected chi connectivity index (χ3v) is 3.97. The van der Waals surface area contributed by atoms with Gasteiger partial charge < -0.3 is 35.2 Å². The minimum Gasteiger partial charge on any atom is -0.507 e. The summed E-state index contributed by atoms with van der Waals surface area (Å²) in [6, 6.07) is 4.71. The number of hydrogen-bond acceptors (Lipinski definition) is 7. The molecule has 0 spiro atoms. The second-order valence-electron chi connectivity index (χ2n) is 6.11. The Labute approximate surface area is 159 Å². The monoisotopic (exact) mass is 380 g/mol. The highest BCUT2D eigenvalue weighted by Gasteiger charge is 2.15. The predicted octanol–water partition coefficient (Wildman–Crippen LogP) is -0.188. The molecule has 9 nitrogen and oxygen atoms in total. The fourth-order valence-electron chi connectivity index (χ4n) is 2.52. The molecule has 0 unspecified atom stereocenters. The Kier molecular flexibility index (Phi) is 8.82. The van der Waals surface area contributed by atoms with Crippen LogP contribution in [-0.4, -0.2) is 93.1 Å². The van der Waals surface area contributed by atoms with Crippen molar-refractivity contribution >= 4 is 12.2 Å². The maximum atomic E-state index is 11.9. The number of ether oxygens (including phenoxy) is 2. The Morgan fingerprint density at radius 2 is 2.19 bits per heavy atom. The summed E-state index contributed by atoms with van der Waals surface area (Å²) in [6.45, 7) is 3.84. The molecule has 1 aliphatic heterocycles. The number of aliphatic hydroxyl groups is 1. The van der Waals surface area contributed by atoms with E-state index < -0.39 is 6.10 Å². The molecule has 27 heavy (non-hydrogen) atoms. The van der Waals surface area contributed by atoms with Gasteiger partial charge in [-0.05, 0) is 18.2 Å². The van der Waals surface area contributed by atoms with E-state index in [1.54, 1.807) is 24.1 Å². The van der Waals surface area contributed by atoms with E-state index in [9.17, 15) is 15.0 Å². The van der Waals surface area contributed by atoms with Crippen LogP contribution in [0.1, 0.15) is 5.56 Å². The molecule has 2 rings (SSSR count). The molecule has 4 N–H and O–H groups in total. The van der Waals surface area contributed by atoms with Gasteiger partial charge in [-0.15, -0.1) is 0 Å². The average Bonchev–Trinajstić information content (AvgIpc) is 2.69. The molecule has 2 amide bonds. The normalized spacial score (nSPS) is 15.7. The molecule has 0 bridgehead atoms. The summed E-state index contributed by atoms with van der Waals surface area (Å²) < 4.78 is 10.7. The van der Waals surface area contributed by atoms with Crippen LogP contribution in [0.2, 0.25) is 0 Å². The fourth-order valence-corrected chi connectivity index (χ4v) is 2.52. The molecular formula is C18H28N4O5. The van der Waals surface area contributed by atoms with E-state index in [-0.39, 0.29) is 18.4 Å². The van der Waals surface area contributed by atoms with Gasteiger partial charge in [0.05, 0.1) is 13.2 Å². The highest BCUT2D eigenvalue weighted by atomic mass is 16.5. The van der Waals surface area contributed by atoms with Crippen molar-refractivity contribution in [2.75, 3.05) is 59.6 Å². The Hall–Kier alpha value is -2.36. The SMILES string of the molecule is CN=Cc1cc(OC[C@@H](O)CNCCNC(=O)N2CCOCC2)ccc1O. The zero-order valence-electron chi connectivity index (χ0n) is 15.6. The minimum absolute atomic E-state index is 0.0947. The number of urea groups is 1. The standard InChI is InChI=1S/C18H28N4O5/c1-19-11-14-10-16(2-3-17(14)24)27-13-15(23)12-20-4-5-21-18(25)22-6-8-26-9-7-22/h2-3,10-11,15,20,23-24H,4-9,12-13H2,1H3,(H,21,25)/t15-/m0/s1. The first-order chi connectivity index (χ1) is 13.1. The molecule has 0 aromatic heterocycles. The fraction of sp³-hybridized carbons (Fsp3) is 0.556. The van der Waals surface area contributed by atoms with Crippen LogP contribution in [0.15, 0.2) is 23.2 Å². The zero-order valence-corrected chi connectivity index (χ0v) is 15.6. The molecule has 0 aliphatic carbocycles. The second-order valence-corrected chi connectivity index (χ2v) is 6.11. The molecule has 9 heteroatoms. The molecule has 0 radical (unpaired) electrons. The summed E-state index contributed by atoms with van der Waals surface area (Å²) in [7, 11) is 1.62. The van der Waals surface area contributed by atoms with Gasteiger partial charge in [0.15, 0.2) is 0 Å². The summed E-state index contributed by atoms with van der Waals surface area (Å²) in [5, 5.41) is 25.6. The first-order valence-corrected chi connectivity index (χ1v) is 8.97. The largest absolute Gasteiger partial charge is 0.507 e. The number of nitrogens with zero attached hydrogens (tertiary/aromatic N) is 2. The van der Waals surface area contributed by atoms with E-state index in [1.165, 1.54) is 12.3 Å². The van der Waals surface area contributed by atoms with E-state index in [1.807, 2.05) is 0 Å². The maximum absolute atomic E-state index is 11.9. The van der Waals surface area contributed by atoms with Crippen molar-refractivity contribution in [1.82, 2.24) is 15.5 Å². The lowest BCUT2D eigenvalue weighted by Gasteiger charge is -2.27. The Balaban J connectivity index is 1.59. The summed E-state index contributed by atoms with van der Waals surface area (Å²) in [4.78, 5) is 17.5. The maximum Gasteiger partial charge on any atom is 0.317 e. The molecule has 1 atom stereocenters. The third-order valence-electron chi connectivity index (χ3n) is 3.97. The second kappa shape index (κ2) is 11.4. The molecule has 1 saturated heterocycles. The Morgan fingerprint density at radius 3 is 2.93 bits per heavy atom. The number of phenols is 1. The first kappa shape index (κ1) is 20.9. The van der Waals surface area contributed by atoms with Crippen LogP contribution in [0.4, 0.5) is 4.79 Å². The summed E-state index contributed by atoms with van der Waals surface area (Å²) in [5.41, 5.74) is 0.554. The van der Waals surface area contributed by atoms with Crippen molar-refractivity contribution in [2.45, 2.75) is 6.10 Å². The van der Waals surface area contributed by atoms with Crippen LogP contribution >= 0.6 is 0 Å². The smallest absolute Gasteiger partial charge is 0.317 e. The van der Waals surface area contributed by atoms with Crippen LogP contribution in [0.3, 0.4) is 0 Å². The lowest BCUT2D eigenvalue weighted by molar-refractivity contribution is 0.0532. The summed E-state index contributed by atoms with van der Waals surface area (Å²) in [6.07, 6.45) is 0.836. The van der Waals surface area contributed by atoms with Crippen molar-refractivity contribution in [2.24, 2.45) is 4.99 Å². The van der Waals surface area contributed by atoms with Crippen molar-refractivity contribution in [3.63, 3.8) is 0 Å². The molecule has 0 saturated carbocycles. The number of hydrogen-bond donors (Lipinski definition) is 4. The van der Waals surface area contributed by atoms with E-state index >= 15 is 0 Å². The number of carbonyl (C=O) groups is 1. The molecule has 1 aliphatic rings. The number of carbonyl (C=O) groups excluding carboxylic acids is 1. The molecule has 1 aromatic rings. The molecule has 1 heterocycles. The number of nitrogens with one attached hydrogen (secondary N) is 2. The van der Waals surface area contributed by atoms with E-state index in [0.717, 1.165) is 0 Å². The van der Waals surface area contributed by atoms with Gasteiger partial charge in [0, 0.05) is 51.5 Å². The summed E-state index contributed by atoms with van der Waals surface area (Å²) in [5.74, 6) is 0.661. The average molecular weight is 380 g/mol. The number of amides is 2. The highest BCUT2D eigenvalue weighted by molar-refractivity contribution is 5.83. The lowest BCUT2D eigenvalue weighted by atomic mass is 10.2. The molecular weight excluding hydrogens is 352 g/mol. The van der Waals surface area contributed by atoms with Crippen LogP contribution in [0.5, 0.6) is 11.5 Å². The number of rotatable bonds is 9. The molecule has 1 fully saturated rings. The van der Waals surface area contributed by atoms with Gasteiger partial charge in [-0.2, -0.15) is 0 Å². The number of phenolic OH excluding ortho intramolecular Hbond substituents is 1. The van der Waals surface area contributed by atoms with Gasteiger partial charge in [0.25, 0.3) is 0 Å². The number of benzene rings is 1. The van der Waals surface area contributed by atoms with E-state index in [2.05, 4.69) is 15.6 Å². The number of morpholine rings is 1. The summed E-state index contributed by atoms with van der Waals surface area (Å²) >= 11 is 0. The van der Waals surface area contributed by atoms with Crippen LogP contribution in [0.25, 0.3) is 0 Å². The van der Waals surface area contributed by atoms with E-state index in [4.69, 9.17) is 9.47 Å². The Morgan fingerprint density at radius 1 is 1.41 bits per heavy atom. The van der Waals surface area contributed by atoms with Crippen LogP contribution in [-0.2, 0) is 4.74 Å². The van der Waals surface area contributed by atoms with Gasteiger partial charge in [0.1, 0.15) is 24.2 Å². The van der Waals surface area contributed by atoms with Gasteiger partial charge in [0.2, 0.25) is 0 Å². The van der Waals surface area contributed by atoms with Crippen molar-refractivity contribution < 1.29 is 24.5 Å². The highest BCUT2D eigenvalue weighted by Crippen LogP contribution is 2.21. The van der Waals surface area contributed by atoms with Crippen LogP contribution in [0, 0.1) is 0 Å². The minimum atomic E-state index is -0.697. The lowest BCUT2D eigenvalue weighted by Crippen LogP contribution is -2.47. The van der Waals surface area contributed by atoms with Crippen molar-refractivity contribution in [3.05, 3.63) is 23.8 Å². The number of aliphatic imine (C=N–C) groups is 1. The quantitative estimate of drug-likeness (QED) is 0.349. The predicted molar refractivity (Wildman–Crippen MR) is 102 cm³/mol. The number of aromatic hydroxyl groups is 1. The van der Waals surface area contributed by atoms with Crippen LogP contribution < -0.4 is 15.4 Å². The van der Waals surface area contributed by atoms with Crippen molar-refractivity contribution in [3.8, 4) is 11.5 Å². The van der Waals surface area contributed by atoms with Crippen molar-refractivity contribution in [1.29, 1.82) is 0 Å². The third kappa shape index (κ3) is 7.41. The van der Waals surface area contributed by atoms with E-state index in [0.29, 0.717) is 57.3 Å². The molecule has 150 valence electrons. The number of aliphatic hydroxyl groups excluding tert-OH is 1. The topological polar surface area (TPSA) is 116 Å². The molecule has 1 aromatic carbocycles. The van der Waals surface area contributed by atoms with Gasteiger partial charge in [-0.3, -0.25) is 4.99 Å². The first-order valence-electron chi connectivity index (χ1n) is 8.97. The van der Waals surface area contributed by atoms with Gasteiger partial charge in [-0.25, -0.2) is 4.79 Å².